The number of rotatable bonds is 4. The fourth-order valence-electron chi connectivity index (χ4n) is 5.08. The summed E-state index contributed by atoms with van der Waals surface area (Å²) in [5.74, 6) is 3.90. The van der Waals surface area contributed by atoms with Crippen molar-refractivity contribution < 1.29 is 4.74 Å². The zero-order valence-corrected chi connectivity index (χ0v) is 15.3. The van der Waals surface area contributed by atoms with Crippen LogP contribution in [0.15, 0.2) is 18.2 Å². The van der Waals surface area contributed by atoms with Crippen LogP contribution in [-0.2, 0) is 6.42 Å². The smallest absolute Gasteiger partial charge is 0.122 e. The molecule has 1 aromatic rings. The van der Waals surface area contributed by atoms with E-state index in [1.165, 1.54) is 70.1 Å². The van der Waals surface area contributed by atoms with E-state index < -0.39 is 0 Å². The minimum Gasteiger partial charge on any atom is -0.493 e. The molecule has 2 aliphatic heterocycles. The van der Waals surface area contributed by atoms with Crippen LogP contribution in [0.3, 0.4) is 0 Å². The van der Waals surface area contributed by atoms with Gasteiger partial charge in [-0.2, -0.15) is 0 Å². The monoisotopic (exact) mass is 327 g/mol. The molecule has 2 heteroatoms. The van der Waals surface area contributed by atoms with Crippen molar-refractivity contribution in [1.82, 2.24) is 4.90 Å². The first-order valence-electron chi connectivity index (χ1n) is 10.3. The zero-order chi connectivity index (χ0) is 16.4. The SMILES string of the molecule is CC1CCC(CCN2CCC(c3cccc4c3CCO4)CC2)CC1. The van der Waals surface area contributed by atoms with Gasteiger partial charge in [-0.15, -0.1) is 0 Å². The van der Waals surface area contributed by atoms with Crippen LogP contribution >= 0.6 is 0 Å². The lowest BCUT2D eigenvalue weighted by atomic mass is 9.81. The van der Waals surface area contributed by atoms with Gasteiger partial charge in [0.25, 0.3) is 0 Å². The van der Waals surface area contributed by atoms with Crippen LogP contribution in [0.4, 0.5) is 0 Å². The number of fused-ring (bicyclic) bond motifs is 1. The average molecular weight is 328 g/mol. The predicted octanol–water partition coefficient (Wildman–Crippen LogP) is 5.02. The van der Waals surface area contributed by atoms with Gasteiger partial charge in [0.1, 0.15) is 5.75 Å². The highest BCUT2D eigenvalue weighted by Crippen LogP contribution is 2.37. The lowest BCUT2D eigenvalue weighted by Crippen LogP contribution is -2.35. The second-order valence-corrected chi connectivity index (χ2v) is 8.45. The predicted molar refractivity (Wildman–Crippen MR) is 99.8 cm³/mol. The summed E-state index contributed by atoms with van der Waals surface area (Å²) in [6, 6.07) is 6.69. The van der Waals surface area contributed by atoms with Crippen molar-refractivity contribution in [2.75, 3.05) is 26.2 Å². The third-order valence-corrected chi connectivity index (χ3v) is 6.80. The Bertz CT molecular complexity index is 539. The summed E-state index contributed by atoms with van der Waals surface area (Å²) in [5, 5.41) is 0. The van der Waals surface area contributed by atoms with Gasteiger partial charge in [-0.3, -0.25) is 0 Å². The molecule has 0 spiro atoms. The van der Waals surface area contributed by atoms with Crippen molar-refractivity contribution in [3.05, 3.63) is 29.3 Å². The Kier molecular flexibility index (Phi) is 5.12. The number of nitrogens with zero attached hydrogens (tertiary/aromatic N) is 1. The quantitative estimate of drug-likeness (QED) is 0.770. The molecule has 0 bridgehead atoms. The summed E-state index contributed by atoms with van der Waals surface area (Å²) in [5.41, 5.74) is 3.10. The van der Waals surface area contributed by atoms with Gasteiger partial charge in [0.2, 0.25) is 0 Å². The molecular formula is C22H33NO. The van der Waals surface area contributed by atoms with Gasteiger partial charge in [-0.25, -0.2) is 0 Å². The van der Waals surface area contributed by atoms with E-state index >= 15 is 0 Å². The Hall–Kier alpha value is -1.02. The highest BCUT2D eigenvalue weighted by molar-refractivity contribution is 5.44. The number of hydrogen-bond acceptors (Lipinski definition) is 2. The summed E-state index contributed by atoms with van der Waals surface area (Å²) in [6.07, 6.45) is 11.1. The zero-order valence-electron chi connectivity index (χ0n) is 15.3. The maximum atomic E-state index is 5.75. The van der Waals surface area contributed by atoms with Crippen molar-refractivity contribution in [2.45, 2.75) is 64.2 Å². The normalized spacial score (nSPS) is 28.5. The molecule has 0 aromatic heterocycles. The van der Waals surface area contributed by atoms with Gasteiger partial charge in [-0.05, 0) is 68.3 Å². The van der Waals surface area contributed by atoms with Crippen LogP contribution < -0.4 is 4.74 Å². The first-order valence-corrected chi connectivity index (χ1v) is 10.3. The molecule has 1 saturated carbocycles. The Morgan fingerprint density at radius 2 is 1.83 bits per heavy atom. The van der Waals surface area contributed by atoms with E-state index in [-0.39, 0.29) is 0 Å². The molecular weight excluding hydrogens is 294 g/mol. The average Bonchev–Trinajstić information content (AvgIpc) is 3.10. The minimum atomic E-state index is 0.758. The van der Waals surface area contributed by atoms with E-state index in [0.29, 0.717) is 0 Å². The second kappa shape index (κ2) is 7.47. The number of ether oxygens (including phenoxy) is 1. The van der Waals surface area contributed by atoms with Gasteiger partial charge < -0.3 is 9.64 Å². The van der Waals surface area contributed by atoms with Crippen LogP contribution in [0.1, 0.15) is 68.9 Å². The maximum Gasteiger partial charge on any atom is 0.122 e. The number of benzene rings is 1. The van der Waals surface area contributed by atoms with Crippen LogP contribution in [-0.4, -0.2) is 31.1 Å². The number of piperidine rings is 1. The highest BCUT2D eigenvalue weighted by atomic mass is 16.5. The second-order valence-electron chi connectivity index (χ2n) is 8.45. The van der Waals surface area contributed by atoms with Crippen molar-refractivity contribution in [3.63, 3.8) is 0 Å². The molecule has 2 nitrogen and oxygen atoms in total. The molecule has 1 aromatic carbocycles. The first kappa shape index (κ1) is 16.4. The van der Waals surface area contributed by atoms with Crippen molar-refractivity contribution in [1.29, 1.82) is 0 Å². The van der Waals surface area contributed by atoms with E-state index in [2.05, 4.69) is 30.0 Å². The lowest BCUT2D eigenvalue weighted by molar-refractivity contribution is 0.182. The molecule has 4 rings (SSSR count). The number of hydrogen-bond donors (Lipinski definition) is 0. The number of likely N-dealkylation sites (tertiary alicyclic amines) is 1. The van der Waals surface area contributed by atoms with Crippen molar-refractivity contribution in [2.24, 2.45) is 11.8 Å². The van der Waals surface area contributed by atoms with Gasteiger partial charge in [0.05, 0.1) is 6.61 Å². The van der Waals surface area contributed by atoms with E-state index in [1.54, 1.807) is 5.56 Å². The summed E-state index contributed by atoms with van der Waals surface area (Å²) >= 11 is 0. The minimum absolute atomic E-state index is 0.758. The third kappa shape index (κ3) is 3.64. The van der Waals surface area contributed by atoms with Gasteiger partial charge in [-0.1, -0.05) is 44.7 Å². The van der Waals surface area contributed by atoms with Crippen LogP contribution in [0.25, 0.3) is 0 Å². The molecule has 1 aliphatic carbocycles. The molecule has 0 radical (unpaired) electrons. The van der Waals surface area contributed by atoms with Crippen molar-refractivity contribution in [3.8, 4) is 5.75 Å². The molecule has 2 fully saturated rings. The van der Waals surface area contributed by atoms with Gasteiger partial charge >= 0.3 is 0 Å². The Morgan fingerprint density at radius 3 is 2.62 bits per heavy atom. The first-order chi connectivity index (χ1) is 11.8. The maximum absolute atomic E-state index is 5.75. The molecule has 132 valence electrons. The van der Waals surface area contributed by atoms with E-state index in [4.69, 9.17) is 4.74 Å². The standard InChI is InChI=1S/C22H33NO/c1-17-5-7-18(8-6-17)9-13-23-14-10-19(11-15-23)20-3-2-4-22-21(20)12-16-24-22/h2-4,17-19H,5-16H2,1H3. The largest absolute Gasteiger partial charge is 0.493 e. The fraction of sp³-hybridized carbons (Fsp3) is 0.727. The summed E-state index contributed by atoms with van der Waals surface area (Å²) < 4.78 is 5.75. The molecule has 0 amide bonds. The molecule has 0 atom stereocenters. The van der Waals surface area contributed by atoms with Gasteiger partial charge in [0.15, 0.2) is 0 Å². The van der Waals surface area contributed by atoms with Crippen molar-refractivity contribution >= 4 is 0 Å². The van der Waals surface area contributed by atoms with Gasteiger partial charge in [0, 0.05) is 12.0 Å². The molecule has 0 N–H and O–H groups in total. The molecule has 0 unspecified atom stereocenters. The molecule has 1 saturated heterocycles. The summed E-state index contributed by atoms with van der Waals surface area (Å²) in [6.45, 7) is 7.22. The summed E-state index contributed by atoms with van der Waals surface area (Å²) in [7, 11) is 0. The van der Waals surface area contributed by atoms with E-state index in [9.17, 15) is 0 Å². The molecule has 3 aliphatic rings. The third-order valence-electron chi connectivity index (χ3n) is 6.80. The van der Waals surface area contributed by atoms with Crippen LogP contribution in [0.2, 0.25) is 0 Å². The Balaban J connectivity index is 1.26. The fourth-order valence-corrected chi connectivity index (χ4v) is 5.08. The highest BCUT2D eigenvalue weighted by Gasteiger charge is 2.26. The Labute approximate surface area is 147 Å². The summed E-state index contributed by atoms with van der Waals surface area (Å²) in [4.78, 5) is 2.73. The van der Waals surface area contributed by atoms with E-state index in [1.807, 2.05) is 0 Å². The Morgan fingerprint density at radius 1 is 1.04 bits per heavy atom. The van der Waals surface area contributed by atoms with Crippen LogP contribution in [0, 0.1) is 11.8 Å². The topological polar surface area (TPSA) is 12.5 Å². The molecule has 24 heavy (non-hydrogen) atoms. The lowest BCUT2D eigenvalue weighted by Gasteiger charge is -2.34. The van der Waals surface area contributed by atoms with Crippen LogP contribution in [0.5, 0.6) is 5.75 Å². The van der Waals surface area contributed by atoms with E-state index in [0.717, 1.165) is 36.5 Å². The molecule has 2 heterocycles.